The SMILES string of the molecule is CCCC(CS)COc1ccc(F)c(C(F)(F)F)c1. The Morgan fingerprint density at radius 2 is 2.00 bits per heavy atom. The van der Waals surface area contributed by atoms with Gasteiger partial charge in [-0.1, -0.05) is 13.3 Å². The van der Waals surface area contributed by atoms with Crippen LogP contribution in [-0.4, -0.2) is 12.4 Å². The van der Waals surface area contributed by atoms with Gasteiger partial charge in [-0.25, -0.2) is 4.39 Å². The van der Waals surface area contributed by atoms with E-state index in [2.05, 4.69) is 12.6 Å². The van der Waals surface area contributed by atoms with E-state index in [0.29, 0.717) is 11.8 Å². The molecule has 1 aromatic carbocycles. The molecule has 0 aliphatic heterocycles. The lowest BCUT2D eigenvalue weighted by Crippen LogP contribution is -2.14. The Balaban J connectivity index is 2.75. The lowest BCUT2D eigenvalue weighted by molar-refractivity contribution is -0.140. The first-order valence-electron chi connectivity index (χ1n) is 5.98. The second-order valence-electron chi connectivity index (χ2n) is 4.29. The van der Waals surface area contributed by atoms with E-state index < -0.39 is 17.6 Å². The molecule has 0 aromatic heterocycles. The van der Waals surface area contributed by atoms with Crippen molar-refractivity contribution >= 4 is 12.6 Å². The molecule has 0 aliphatic carbocycles. The van der Waals surface area contributed by atoms with E-state index in [1.807, 2.05) is 6.92 Å². The lowest BCUT2D eigenvalue weighted by Gasteiger charge is -2.16. The highest BCUT2D eigenvalue weighted by atomic mass is 32.1. The zero-order valence-electron chi connectivity index (χ0n) is 10.5. The first-order chi connectivity index (χ1) is 8.88. The van der Waals surface area contributed by atoms with Crippen molar-refractivity contribution in [2.45, 2.75) is 25.9 Å². The fourth-order valence-electron chi connectivity index (χ4n) is 1.66. The van der Waals surface area contributed by atoms with Gasteiger partial charge in [-0.05, 0) is 30.4 Å². The lowest BCUT2D eigenvalue weighted by atomic mass is 10.1. The summed E-state index contributed by atoms with van der Waals surface area (Å²) < 4.78 is 55.9. The summed E-state index contributed by atoms with van der Waals surface area (Å²) in [7, 11) is 0. The van der Waals surface area contributed by atoms with Crippen molar-refractivity contribution < 1.29 is 22.3 Å². The van der Waals surface area contributed by atoms with Crippen LogP contribution < -0.4 is 4.74 Å². The summed E-state index contributed by atoms with van der Waals surface area (Å²) in [5.74, 6) is -0.496. The van der Waals surface area contributed by atoms with Crippen molar-refractivity contribution in [3.8, 4) is 5.75 Å². The Morgan fingerprint density at radius 1 is 1.32 bits per heavy atom. The number of benzene rings is 1. The van der Waals surface area contributed by atoms with Crippen LogP contribution in [0.2, 0.25) is 0 Å². The van der Waals surface area contributed by atoms with Gasteiger partial charge in [0.2, 0.25) is 0 Å². The molecule has 1 atom stereocenters. The van der Waals surface area contributed by atoms with E-state index in [9.17, 15) is 17.6 Å². The summed E-state index contributed by atoms with van der Waals surface area (Å²) in [5, 5.41) is 0. The van der Waals surface area contributed by atoms with Crippen LogP contribution in [0.15, 0.2) is 18.2 Å². The summed E-state index contributed by atoms with van der Waals surface area (Å²) in [6.07, 6.45) is -2.88. The Labute approximate surface area is 115 Å². The van der Waals surface area contributed by atoms with Crippen molar-refractivity contribution in [2.24, 2.45) is 5.92 Å². The van der Waals surface area contributed by atoms with Gasteiger partial charge in [-0.15, -0.1) is 0 Å². The minimum Gasteiger partial charge on any atom is -0.493 e. The van der Waals surface area contributed by atoms with Gasteiger partial charge in [-0.3, -0.25) is 0 Å². The standard InChI is InChI=1S/C13H16F4OS/c1-2-3-9(8-19)7-18-10-4-5-12(14)11(6-10)13(15,16)17/h4-6,9,19H,2-3,7-8H2,1H3. The molecule has 0 heterocycles. The van der Waals surface area contributed by atoms with E-state index in [1.54, 1.807) is 0 Å². The average molecular weight is 296 g/mol. The number of hydrogen-bond acceptors (Lipinski definition) is 2. The van der Waals surface area contributed by atoms with E-state index in [1.165, 1.54) is 6.07 Å². The number of hydrogen-bond donors (Lipinski definition) is 1. The molecule has 19 heavy (non-hydrogen) atoms. The maximum Gasteiger partial charge on any atom is 0.419 e. The van der Waals surface area contributed by atoms with Crippen molar-refractivity contribution in [3.63, 3.8) is 0 Å². The molecule has 0 spiro atoms. The van der Waals surface area contributed by atoms with Gasteiger partial charge >= 0.3 is 6.18 Å². The molecule has 0 bridgehead atoms. The topological polar surface area (TPSA) is 9.23 Å². The molecule has 1 unspecified atom stereocenters. The van der Waals surface area contributed by atoms with Gasteiger partial charge in [0.05, 0.1) is 12.2 Å². The third-order valence-corrected chi connectivity index (χ3v) is 3.20. The summed E-state index contributed by atoms with van der Waals surface area (Å²) in [6.45, 7) is 2.29. The molecule has 0 amide bonds. The number of ether oxygens (including phenoxy) is 1. The van der Waals surface area contributed by atoms with Crippen LogP contribution in [0.25, 0.3) is 0 Å². The molecule has 6 heteroatoms. The Bertz CT molecular complexity index is 406. The van der Waals surface area contributed by atoms with Crippen LogP contribution in [0.5, 0.6) is 5.75 Å². The second-order valence-corrected chi connectivity index (χ2v) is 4.65. The first kappa shape index (κ1) is 16.1. The van der Waals surface area contributed by atoms with Crippen molar-refractivity contribution in [1.82, 2.24) is 0 Å². The van der Waals surface area contributed by atoms with Crippen molar-refractivity contribution in [3.05, 3.63) is 29.6 Å². The summed E-state index contributed by atoms with van der Waals surface area (Å²) in [4.78, 5) is 0. The molecule has 108 valence electrons. The quantitative estimate of drug-likeness (QED) is 0.597. The van der Waals surface area contributed by atoms with Crippen molar-refractivity contribution in [2.75, 3.05) is 12.4 Å². The predicted molar refractivity (Wildman–Crippen MR) is 69.1 cm³/mol. The Kier molecular flexibility index (Phi) is 5.97. The molecule has 0 aliphatic rings. The van der Waals surface area contributed by atoms with Crippen LogP contribution in [-0.2, 0) is 6.18 Å². The number of halogens is 4. The average Bonchev–Trinajstić information content (AvgIpc) is 2.34. The van der Waals surface area contributed by atoms with E-state index in [0.717, 1.165) is 18.9 Å². The molecule has 0 saturated carbocycles. The van der Waals surface area contributed by atoms with E-state index >= 15 is 0 Å². The molecule has 1 nitrogen and oxygen atoms in total. The molecule has 1 rings (SSSR count). The fraction of sp³-hybridized carbons (Fsp3) is 0.538. The third-order valence-electron chi connectivity index (χ3n) is 2.68. The largest absolute Gasteiger partial charge is 0.493 e. The van der Waals surface area contributed by atoms with E-state index in [4.69, 9.17) is 4.74 Å². The highest BCUT2D eigenvalue weighted by Gasteiger charge is 2.34. The number of thiol groups is 1. The molecule has 0 fully saturated rings. The summed E-state index contributed by atoms with van der Waals surface area (Å²) in [6, 6.07) is 2.66. The monoisotopic (exact) mass is 296 g/mol. The molecule has 0 saturated heterocycles. The minimum atomic E-state index is -4.71. The summed E-state index contributed by atoms with van der Waals surface area (Å²) >= 11 is 4.16. The zero-order chi connectivity index (χ0) is 14.5. The van der Waals surface area contributed by atoms with Crippen LogP contribution in [0, 0.1) is 11.7 Å². The number of rotatable bonds is 6. The molecule has 0 N–H and O–H groups in total. The smallest absolute Gasteiger partial charge is 0.419 e. The van der Waals surface area contributed by atoms with Crippen LogP contribution in [0.1, 0.15) is 25.3 Å². The van der Waals surface area contributed by atoms with Gasteiger partial charge in [-0.2, -0.15) is 25.8 Å². The molecular weight excluding hydrogens is 280 g/mol. The zero-order valence-corrected chi connectivity index (χ0v) is 11.4. The minimum absolute atomic E-state index is 0.0246. The maximum absolute atomic E-state index is 13.1. The molecular formula is C13H16F4OS. The Morgan fingerprint density at radius 3 is 2.53 bits per heavy atom. The van der Waals surface area contributed by atoms with E-state index in [-0.39, 0.29) is 18.3 Å². The third kappa shape index (κ3) is 4.93. The Hall–Kier alpha value is -0.910. The van der Waals surface area contributed by atoms with Gasteiger partial charge < -0.3 is 4.74 Å². The van der Waals surface area contributed by atoms with Gasteiger partial charge in [0, 0.05) is 5.92 Å². The predicted octanol–water partition coefficient (Wildman–Crippen LogP) is 4.57. The normalized spacial score (nSPS) is 13.4. The van der Waals surface area contributed by atoms with Crippen LogP contribution in [0.4, 0.5) is 17.6 Å². The molecule has 0 radical (unpaired) electrons. The maximum atomic E-state index is 13.1. The first-order valence-corrected chi connectivity index (χ1v) is 6.62. The van der Waals surface area contributed by atoms with Crippen LogP contribution in [0.3, 0.4) is 0 Å². The highest BCUT2D eigenvalue weighted by Crippen LogP contribution is 2.33. The fourth-order valence-corrected chi connectivity index (χ4v) is 1.95. The summed E-state index contributed by atoms with van der Waals surface area (Å²) in [5.41, 5.74) is -1.30. The van der Waals surface area contributed by atoms with Gasteiger partial charge in [0.15, 0.2) is 0 Å². The van der Waals surface area contributed by atoms with Gasteiger partial charge in [0.1, 0.15) is 11.6 Å². The van der Waals surface area contributed by atoms with Crippen LogP contribution >= 0.6 is 12.6 Å². The molecule has 1 aromatic rings. The number of alkyl halides is 3. The van der Waals surface area contributed by atoms with Crippen molar-refractivity contribution in [1.29, 1.82) is 0 Å². The second kappa shape index (κ2) is 7.03. The highest BCUT2D eigenvalue weighted by molar-refractivity contribution is 7.80. The van der Waals surface area contributed by atoms with Gasteiger partial charge in [0.25, 0.3) is 0 Å².